The molecule has 2 saturated heterocycles. The molecule has 2 aliphatic rings. The molecule has 0 aromatic heterocycles. The van der Waals surface area contributed by atoms with E-state index < -0.39 is 0 Å². The van der Waals surface area contributed by atoms with E-state index in [0.29, 0.717) is 23.9 Å². The minimum Gasteiger partial charge on any atom is -0.357 e. The zero-order valence-electron chi connectivity index (χ0n) is 16.5. The monoisotopic (exact) mass is 337 g/mol. The van der Waals surface area contributed by atoms with E-state index in [0.717, 1.165) is 25.6 Å². The molecule has 0 amide bonds. The molecule has 2 aliphatic heterocycles. The average Bonchev–Trinajstić information content (AvgIpc) is 3.15. The molecule has 2 N–H and O–H groups in total. The average molecular weight is 338 g/mol. The van der Waals surface area contributed by atoms with E-state index in [1.165, 1.54) is 39.0 Å². The molecule has 5 nitrogen and oxygen atoms in total. The van der Waals surface area contributed by atoms with E-state index in [1.807, 2.05) is 0 Å². The van der Waals surface area contributed by atoms with Crippen molar-refractivity contribution in [2.45, 2.75) is 59.5 Å². The predicted molar refractivity (Wildman–Crippen MR) is 104 cm³/mol. The van der Waals surface area contributed by atoms with Gasteiger partial charge in [-0.2, -0.15) is 0 Å². The van der Waals surface area contributed by atoms with Crippen molar-refractivity contribution in [1.29, 1.82) is 0 Å². The molecule has 3 atom stereocenters. The number of nitrogens with zero attached hydrogens (tertiary/aromatic N) is 3. The lowest BCUT2D eigenvalue weighted by molar-refractivity contribution is 0.265. The number of hydrogen-bond donors (Lipinski definition) is 2. The summed E-state index contributed by atoms with van der Waals surface area (Å²) in [5, 5.41) is 7.11. The van der Waals surface area contributed by atoms with Crippen molar-refractivity contribution in [1.82, 2.24) is 20.4 Å². The van der Waals surface area contributed by atoms with Crippen molar-refractivity contribution in [3.05, 3.63) is 0 Å². The molecule has 0 aromatic rings. The fraction of sp³-hybridized carbons (Fsp3) is 0.947. The molecular formula is C19H39N5. The first-order valence-corrected chi connectivity index (χ1v) is 10.0. The fourth-order valence-corrected chi connectivity index (χ4v) is 3.82. The Morgan fingerprint density at radius 3 is 2.46 bits per heavy atom. The number of hydrogen-bond acceptors (Lipinski definition) is 3. The molecule has 2 fully saturated rings. The SMILES string of the molecule is CCNC(=NCC(C)CN1CCCC1)NC1CN(C(C)C)CC1C. The third-order valence-electron chi connectivity index (χ3n) is 5.37. The summed E-state index contributed by atoms with van der Waals surface area (Å²) in [6, 6.07) is 1.12. The van der Waals surface area contributed by atoms with Crippen LogP contribution in [-0.2, 0) is 0 Å². The maximum absolute atomic E-state index is 4.87. The number of aliphatic imine (C=N–C) groups is 1. The van der Waals surface area contributed by atoms with Gasteiger partial charge >= 0.3 is 0 Å². The van der Waals surface area contributed by atoms with Gasteiger partial charge in [-0.05, 0) is 58.5 Å². The highest BCUT2D eigenvalue weighted by Crippen LogP contribution is 2.18. The Labute approximate surface area is 149 Å². The van der Waals surface area contributed by atoms with Gasteiger partial charge in [0.15, 0.2) is 5.96 Å². The molecule has 0 aliphatic carbocycles. The molecule has 2 heterocycles. The summed E-state index contributed by atoms with van der Waals surface area (Å²) in [6.07, 6.45) is 2.73. The van der Waals surface area contributed by atoms with Crippen LogP contribution >= 0.6 is 0 Å². The number of guanidine groups is 1. The van der Waals surface area contributed by atoms with Gasteiger partial charge in [0.25, 0.3) is 0 Å². The van der Waals surface area contributed by atoms with Crippen molar-refractivity contribution in [3.63, 3.8) is 0 Å². The zero-order chi connectivity index (χ0) is 17.5. The maximum atomic E-state index is 4.87. The summed E-state index contributed by atoms with van der Waals surface area (Å²) in [6.45, 7) is 19.2. The van der Waals surface area contributed by atoms with Crippen LogP contribution in [0, 0.1) is 11.8 Å². The van der Waals surface area contributed by atoms with Gasteiger partial charge in [-0.25, -0.2) is 0 Å². The first-order valence-electron chi connectivity index (χ1n) is 10.0. The quantitative estimate of drug-likeness (QED) is 0.551. The lowest BCUT2D eigenvalue weighted by Gasteiger charge is -2.23. The first-order chi connectivity index (χ1) is 11.5. The Morgan fingerprint density at radius 1 is 1.17 bits per heavy atom. The summed E-state index contributed by atoms with van der Waals surface area (Å²) < 4.78 is 0. The van der Waals surface area contributed by atoms with Crippen LogP contribution in [0.5, 0.6) is 0 Å². The molecular weight excluding hydrogens is 298 g/mol. The van der Waals surface area contributed by atoms with Gasteiger partial charge in [-0.15, -0.1) is 0 Å². The van der Waals surface area contributed by atoms with Gasteiger partial charge < -0.3 is 15.5 Å². The Hall–Kier alpha value is -0.810. The van der Waals surface area contributed by atoms with E-state index >= 15 is 0 Å². The van der Waals surface area contributed by atoms with Crippen LogP contribution in [0.15, 0.2) is 4.99 Å². The molecule has 5 heteroatoms. The van der Waals surface area contributed by atoms with Crippen molar-refractivity contribution in [2.75, 3.05) is 45.8 Å². The van der Waals surface area contributed by atoms with E-state index in [1.54, 1.807) is 0 Å². The highest BCUT2D eigenvalue weighted by atomic mass is 15.3. The highest BCUT2D eigenvalue weighted by molar-refractivity contribution is 5.80. The molecule has 24 heavy (non-hydrogen) atoms. The van der Waals surface area contributed by atoms with Gasteiger partial charge in [0, 0.05) is 44.8 Å². The standard InChI is InChI=1S/C19H39N5/c1-6-20-19(21-11-16(4)12-23-9-7-8-10-23)22-18-14-24(15(2)3)13-17(18)5/h15-18H,6-14H2,1-5H3,(H2,20,21,22). The zero-order valence-corrected chi connectivity index (χ0v) is 16.5. The van der Waals surface area contributed by atoms with Gasteiger partial charge in [0.05, 0.1) is 0 Å². The Kier molecular flexibility index (Phi) is 7.82. The molecule has 0 aromatic carbocycles. The topological polar surface area (TPSA) is 42.9 Å². The number of nitrogens with one attached hydrogen (secondary N) is 2. The molecule has 140 valence electrons. The van der Waals surface area contributed by atoms with Gasteiger partial charge in [-0.3, -0.25) is 9.89 Å². The molecule has 0 saturated carbocycles. The molecule has 0 radical (unpaired) electrons. The van der Waals surface area contributed by atoms with Crippen molar-refractivity contribution < 1.29 is 0 Å². The molecule has 0 bridgehead atoms. The van der Waals surface area contributed by atoms with E-state index in [9.17, 15) is 0 Å². The van der Waals surface area contributed by atoms with Gasteiger partial charge in [0.2, 0.25) is 0 Å². The summed E-state index contributed by atoms with van der Waals surface area (Å²) in [4.78, 5) is 10.0. The van der Waals surface area contributed by atoms with Crippen LogP contribution in [0.1, 0.15) is 47.5 Å². The lowest BCUT2D eigenvalue weighted by Crippen LogP contribution is -2.47. The summed E-state index contributed by atoms with van der Waals surface area (Å²) in [5.74, 6) is 2.28. The first kappa shape index (κ1) is 19.5. The van der Waals surface area contributed by atoms with Crippen LogP contribution in [0.25, 0.3) is 0 Å². The van der Waals surface area contributed by atoms with Crippen molar-refractivity contribution in [2.24, 2.45) is 16.8 Å². The van der Waals surface area contributed by atoms with E-state index in [2.05, 4.69) is 55.1 Å². The second-order valence-electron chi connectivity index (χ2n) is 8.11. The highest BCUT2D eigenvalue weighted by Gasteiger charge is 2.31. The Morgan fingerprint density at radius 2 is 1.88 bits per heavy atom. The smallest absolute Gasteiger partial charge is 0.191 e. The van der Waals surface area contributed by atoms with Crippen LogP contribution in [0.4, 0.5) is 0 Å². The van der Waals surface area contributed by atoms with Crippen LogP contribution in [0.3, 0.4) is 0 Å². The Balaban J connectivity index is 1.83. The van der Waals surface area contributed by atoms with E-state index in [-0.39, 0.29) is 0 Å². The number of rotatable bonds is 7. The van der Waals surface area contributed by atoms with Crippen LogP contribution in [-0.4, -0.2) is 73.7 Å². The van der Waals surface area contributed by atoms with Gasteiger partial charge in [0.1, 0.15) is 0 Å². The number of likely N-dealkylation sites (tertiary alicyclic amines) is 2. The lowest BCUT2D eigenvalue weighted by atomic mass is 10.1. The van der Waals surface area contributed by atoms with E-state index in [4.69, 9.17) is 4.99 Å². The minimum absolute atomic E-state index is 0.499. The second-order valence-corrected chi connectivity index (χ2v) is 8.11. The summed E-state index contributed by atoms with van der Waals surface area (Å²) >= 11 is 0. The molecule has 0 spiro atoms. The molecule has 3 unspecified atom stereocenters. The second kappa shape index (κ2) is 9.62. The summed E-state index contributed by atoms with van der Waals surface area (Å²) in [5.41, 5.74) is 0. The van der Waals surface area contributed by atoms with Crippen molar-refractivity contribution >= 4 is 5.96 Å². The summed E-state index contributed by atoms with van der Waals surface area (Å²) in [7, 11) is 0. The predicted octanol–water partition coefficient (Wildman–Crippen LogP) is 2.00. The Bertz CT molecular complexity index is 389. The fourth-order valence-electron chi connectivity index (χ4n) is 3.82. The molecule has 2 rings (SSSR count). The largest absolute Gasteiger partial charge is 0.357 e. The van der Waals surface area contributed by atoms with Crippen molar-refractivity contribution in [3.8, 4) is 0 Å². The van der Waals surface area contributed by atoms with Gasteiger partial charge in [-0.1, -0.05) is 13.8 Å². The third-order valence-corrected chi connectivity index (χ3v) is 5.37. The van der Waals surface area contributed by atoms with Crippen LogP contribution < -0.4 is 10.6 Å². The van der Waals surface area contributed by atoms with Crippen LogP contribution in [0.2, 0.25) is 0 Å². The normalized spacial score (nSPS) is 27.8. The third kappa shape index (κ3) is 5.92. The minimum atomic E-state index is 0.499. The maximum Gasteiger partial charge on any atom is 0.191 e.